The molecule has 1 rings (SSSR count). The lowest BCUT2D eigenvalue weighted by atomic mass is 10.2. The summed E-state index contributed by atoms with van der Waals surface area (Å²) in [6.45, 7) is 0. The third-order valence-corrected chi connectivity index (χ3v) is 2.98. The van der Waals surface area contributed by atoms with E-state index in [1.165, 1.54) is 12.1 Å². The van der Waals surface area contributed by atoms with Crippen LogP contribution in [0.15, 0.2) is 22.7 Å². The highest BCUT2D eigenvalue weighted by Crippen LogP contribution is 2.25. The quantitative estimate of drug-likeness (QED) is 0.638. The maximum absolute atomic E-state index is 11.6. The Hall–Kier alpha value is -1.80. The van der Waals surface area contributed by atoms with Crippen LogP contribution in [0.5, 0.6) is 0 Å². The van der Waals surface area contributed by atoms with Crippen molar-refractivity contribution in [3.05, 3.63) is 27.7 Å². The molecule has 0 saturated heterocycles. The summed E-state index contributed by atoms with van der Waals surface area (Å²) in [6.07, 6.45) is -0.727. The molecule has 9 heteroatoms. The van der Waals surface area contributed by atoms with Crippen LogP contribution < -0.4 is 10.6 Å². The second kappa shape index (κ2) is 7.11. The van der Waals surface area contributed by atoms with Crippen LogP contribution in [-0.4, -0.2) is 34.2 Å². The second-order valence-electron chi connectivity index (χ2n) is 3.71. The molecule has 0 radical (unpaired) electrons. The lowest BCUT2D eigenvalue weighted by Crippen LogP contribution is -2.44. The first kappa shape index (κ1) is 16.3. The van der Waals surface area contributed by atoms with Crippen molar-refractivity contribution in [2.24, 2.45) is 0 Å². The van der Waals surface area contributed by atoms with E-state index in [-0.39, 0.29) is 10.7 Å². The van der Waals surface area contributed by atoms with Gasteiger partial charge in [0.2, 0.25) is 0 Å². The zero-order valence-electron chi connectivity index (χ0n) is 9.89. The van der Waals surface area contributed by atoms with E-state index in [0.29, 0.717) is 4.47 Å². The van der Waals surface area contributed by atoms with Gasteiger partial charge in [-0.05, 0) is 18.2 Å². The first-order valence-electron chi connectivity index (χ1n) is 5.26. The minimum Gasteiger partial charge on any atom is -0.481 e. The van der Waals surface area contributed by atoms with Crippen molar-refractivity contribution >= 4 is 51.2 Å². The van der Waals surface area contributed by atoms with E-state index in [1.807, 2.05) is 5.32 Å². The summed E-state index contributed by atoms with van der Waals surface area (Å²) < 4.78 is 0.664. The number of hydrogen-bond donors (Lipinski definition) is 4. The van der Waals surface area contributed by atoms with E-state index in [4.69, 9.17) is 21.8 Å². The summed E-state index contributed by atoms with van der Waals surface area (Å²) >= 11 is 9.04. The first-order chi connectivity index (χ1) is 9.29. The molecule has 1 aromatic rings. The average molecular weight is 366 g/mol. The summed E-state index contributed by atoms with van der Waals surface area (Å²) in [5.74, 6) is -2.78. The van der Waals surface area contributed by atoms with Crippen molar-refractivity contribution in [2.45, 2.75) is 12.5 Å². The molecule has 20 heavy (non-hydrogen) atoms. The Labute approximate surface area is 127 Å². The number of anilines is 1. The highest BCUT2D eigenvalue weighted by atomic mass is 79.9. The smallest absolute Gasteiger partial charge is 0.326 e. The third-order valence-electron chi connectivity index (χ3n) is 2.16. The SMILES string of the molecule is O=C(O)C[C@H](NC(=O)Nc1cc(Br)ccc1Cl)C(=O)O. The number of urea groups is 1. The summed E-state index contributed by atoms with van der Waals surface area (Å²) in [4.78, 5) is 32.9. The zero-order chi connectivity index (χ0) is 15.3. The fourth-order valence-corrected chi connectivity index (χ4v) is 1.81. The Bertz CT molecular complexity index is 552. The van der Waals surface area contributed by atoms with Crippen LogP contribution in [0.2, 0.25) is 5.02 Å². The average Bonchev–Trinajstić information content (AvgIpc) is 2.32. The van der Waals surface area contributed by atoms with Crippen LogP contribution in [0.3, 0.4) is 0 Å². The fraction of sp³-hybridized carbons (Fsp3) is 0.182. The van der Waals surface area contributed by atoms with Crippen LogP contribution in [-0.2, 0) is 9.59 Å². The molecule has 7 nitrogen and oxygen atoms in total. The first-order valence-corrected chi connectivity index (χ1v) is 6.44. The van der Waals surface area contributed by atoms with E-state index < -0.39 is 30.4 Å². The van der Waals surface area contributed by atoms with Crippen LogP contribution >= 0.6 is 27.5 Å². The van der Waals surface area contributed by atoms with Crippen LogP contribution in [0.4, 0.5) is 10.5 Å². The number of carboxylic acids is 2. The molecule has 0 heterocycles. The summed E-state index contributed by atoms with van der Waals surface area (Å²) in [7, 11) is 0. The Morgan fingerprint density at radius 1 is 1.30 bits per heavy atom. The number of amides is 2. The molecule has 0 aliphatic heterocycles. The largest absolute Gasteiger partial charge is 0.481 e. The minimum absolute atomic E-state index is 0.258. The van der Waals surface area contributed by atoms with Gasteiger partial charge in [0, 0.05) is 4.47 Å². The van der Waals surface area contributed by atoms with Gasteiger partial charge in [-0.3, -0.25) is 4.79 Å². The molecule has 0 fully saturated rings. The Balaban J connectivity index is 2.72. The topological polar surface area (TPSA) is 116 Å². The maximum Gasteiger partial charge on any atom is 0.326 e. The third kappa shape index (κ3) is 5.06. The molecule has 4 N–H and O–H groups in total. The Morgan fingerprint density at radius 2 is 1.95 bits per heavy atom. The summed E-state index contributed by atoms with van der Waals surface area (Å²) in [6, 6.07) is 2.33. The van der Waals surface area contributed by atoms with Crippen LogP contribution in [0, 0.1) is 0 Å². The van der Waals surface area contributed by atoms with E-state index in [1.54, 1.807) is 6.07 Å². The molecule has 0 spiro atoms. The van der Waals surface area contributed by atoms with Gasteiger partial charge in [0.25, 0.3) is 0 Å². The van der Waals surface area contributed by atoms with Gasteiger partial charge in [-0.1, -0.05) is 27.5 Å². The minimum atomic E-state index is -1.53. The summed E-state index contributed by atoms with van der Waals surface area (Å²) in [5, 5.41) is 22.0. The predicted molar refractivity (Wildman–Crippen MR) is 75.0 cm³/mol. The van der Waals surface area contributed by atoms with Gasteiger partial charge in [-0.15, -0.1) is 0 Å². The molecule has 1 atom stereocenters. The zero-order valence-corrected chi connectivity index (χ0v) is 12.2. The molecule has 2 amide bonds. The van der Waals surface area contributed by atoms with E-state index >= 15 is 0 Å². The van der Waals surface area contributed by atoms with Gasteiger partial charge in [-0.2, -0.15) is 0 Å². The van der Waals surface area contributed by atoms with Crippen molar-refractivity contribution in [1.29, 1.82) is 0 Å². The number of carbonyl (C=O) groups excluding carboxylic acids is 1. The number of hydrogen-bond acceptors (Lipinski definition) is 3. The molecule has 0 aromatic heterocycles. The number of carbonyl (C=O) groups is 3. The van der Waals surface area contributed by atoms with Gasteiger partial charge in [0.1, 0.15) is 6.04 Å². The van der Waals surface area contributed by atoms with Crippen molar-refractivity contribution < 1.29 is 24.6 Å². The number of rotatable bonds is 5. The lowest BCUT2D eigenvalue weighted by molar-refractivity contribution is -0.145. The highest BCUT2D eigenvalue weighted by molar-refractivity contribution is 9.10. The van der Waals surface area contributed by atoms with Gasteiger partial charge in [0.15, 0.2) is 0 Å². The lowest BCUT2D eigenvalue weighted by Gasteiger charge is -2.14. The van der Waals surface area contributed by atoms with Gasteiger partial charge < -0.3 is 20.8 Å². The predicted octanol–water partition coefficient (Wildman–Crippen LogP) is 2.15. The molecule has 1 aromatic carbocycles. The standard InChI is InChI=1S/C11H10BrClN2O5/c12-5-1-2-6(13)7(3-5)14-11(20)15-8(10(18)19)4-9(16)17/h1-3,8H,4H2,(H,16,17)(H,18,19)(H2,14,15,20)/t8-/m0/s1. The van der Waals surface area contributed by atoms with Gasteiger partial charge >= 0.3 is 18.0 Å². The van der Waals surface area contributed by atoms with Crippen LogP contribution in [0.1, 0.15) is 6.42 Å². The van der Waals surface area contributed by atoms with E-state index in [0.717, 1.165) is 0 Å². The molecule has 0 aliphatic carbocycles. The molecule has 0 bridgehead atoms. The fourth-order valence-electron chi connectivity index (χ4n) is 1.28. The molecular weight excluding hydrogens is 355 g/mol. The van der Waals surface area contributed by atoms with Crippen molar-refractivity contribution in [1.82, 2.24) is 5.32 Å². The molecule has 0 unspecified atom stereocenters. The molecule has 0 aliphatic rings. The molecular formula is C11H10BrClN2O5. The number of nitrogens with one attached hydrogen (secondary N) is 2. The van der Waals surface area contributed by atoms with Crippen molar-refractivity contribution in [2.75, 3.05) is 5.32 Å². The van der Waals surface area contributed by atoms with Crippen molar-refractivity contribution in [3.63, 3.8) is 0 Å². The van der Waals surface area contributed by atoms with E-state index in [9.17, 15) is 14.4 Å². The Kier molecular flexibility index (Phi) is 5.78. The molecule has 0 saturated carbocycles. The number of aliphatic carboxylic acids is 2. The highest BCUT2D eigenvalue weighted by Gasteiger charge is 2.23. The second-order valence-corrected chi connectivity index (χ2v) is 5.03. The van der Waals surface area contributed by atoms with Crippen molar-refractivity contribution in [3.8, 4) is 0 Å². The maximum atomic E-state index is 11.6. The van der Waals surface area contributed by atoms with Crippen LogP contribution in [0.25, 0.3) is 0 Å². The van der Waals surface area contributed by atoms with E-state index in [2.05, 4.69) is 21.2 Å². The molecule has 108 valence electrons. The Morgan fingerprint density at radius 3 is 2.50 bits per heavy atom. The monoisotopic (exact) mass is 364 g/mol. The number of benzene rings is 1. The normalized spacial score (nSPS) is 11.5. The summed E-state index contributed by atoms with van der Waals surface area (Å²) in [5.41, 5.74) is 0.262. The van der Waals surface area contributed by atoms with Gasteiger partial charge in [0.05, 0.1) is 17.1 Å². The number of carboxylic acid groups (broad SMARTS) is 2. The number of halogens is 2. The van der Waals surface area contributed by atoms with Gasteiger partial charge in [-0.25, -0.2) is 9.59 Å².